The van der Waals surface area contributed by atoms with E-state index in [0.29, 0.717) is 25.6 Å². The minimum Gasteiger partial charge on any atom is -0.467 e. The largest absolute Gasteiger partial charge is 0.467 e. The summed E-state index contributed by atoms with van der Waals surface area (Å²) in [6.45, 7) is 11.0. The maximum absolute atomic E-state index is 13.3. The number of rotatable bonds is 8. The first kappa shape index (κ1) is 23.0. The number of furan rings is 1. The van der Waals surface area contributed by atoms with Gasteiger partial charge in [0.2, 0.25) is 5.91 Å². The molecule has 0 bridgehead atoms. The Balaban J connectivity index is 1.37. The molecule has 1 fully saturated rings. The van der Waals surface area contributed by atoms with Gasteiger partial charge in [-0.1, -0.05) is 44.2 Å². The summed E-state index contributed by atoms with van der Waals surface area (Å²) < 4.78 is 5.51. The standard InChI is InChI=1S/C26H33N5O2/c1-20(2)26-27-21(3)16-24(28-26)30-13-11-29(12-14-30)19-25(32)31(18-23-10-7-15-33-23)17-22-8-5-4-6-9-22/h4-10,15-16,20H,11-14,17-19H2,1-3H3. The van der Waals surface area contributed by atoms with E-state index in [1.165, 1.54) is 0 Å². The van der Waals surface area contributed by atoms with E-state index < -0.39 is 0 Å². The summed E-state index contributed by atoms with van der Waals surface area (Å²) in [6, 6.07) is 15.9. The molecule has 0 radical (unpaired) electrons. The lowest BCUT2D eigenvalue weighted by Crippen LogP contribution is -2.50. The number of benzene rings is 1. The zero-order valence-corrected chi connectivity index (χ0v) is 19.8. The number of anilines is 1. The highest BCUT2D eigenvalue weighted by molar-refractivity contribution is 5.78. The molecule has 3 heterocycles. The van der Waals surface area contributed by atoms with Crippen LogP contribution < -0.4 is 4.90 Å². The van der Waals surface area contributed by atoms with Crippen molar-refractivity contribution < 1.29 is 9.21 Å². The van der Waals surface area contributed by atoms with Gasteiger partial charge in [0.05, 0.1) is 19.4 Å². The Labute approximate surface area is 196 Å². The van der Waals surface area contributed by atoms with Crippen molar-refractivity contribution in [2.24, 2.45) is 0 Å². The number of amides is 1. The number of hydrogen-bond donors (Lipinski definition) is 0. The molecule has 1 aliphatic heterocycles. The number of piperazine rings is 1. The van der Waals surface area contributed by atoms with Crippen LogP contribution in [0.1, 0.15) is 42.6 Å². The fourth-order valence-corrected chi connectivity index (χ4v) is 4.05. The maximum atomic E-state index is 13.3. The molecule has 1 aliphatic rings. The molecule has 7 nitrogen and oxygen atoms in total. The van der Waals surface area contributed by atoms with Gasteiger partial charge in [-0.15, -0.1) is 0 Å². The van der Waals surface area contributed by atoms with Gasteiger partial charge in [0, 0.05) is 50.4 Å². The van der Waals surface area contributed by atoms with Crippen molar-refractivity contribution in [3.63, 3.8) is 0 Å². The van der Waals surface area contributed by atoms with Crippen LogP contribution in [0.3, 0.4) is 0 Å². The van der Waals surface area contributed by atoms with Crippen LogP contribution in [-0.4, -0.2) is 58.4 Å². The first-order valence-electron chi connectivity index (χ1n) is 11.6. The summed E-state index contributed by atoms with van der Waals surface area (Å²) in [7, 11) is 0. The lowest BCUT2D eigenvalue weighted by Gasteiger charge is -2.36. The van der Waals surface area contributed by atoms with Gasteiger partial charge in [0.25, 0.3) is 0 Å². The van der Waals surface area contributed by atoms with Crippen LogP contribution in [0.5, 0.6) is 0 Å². The lowest BCUT2D eigenvalue weighted by molar-refractivity contribution is -0.134. The third-order valence-electron chi connectivity index (χ3n) is 5.93. The second kappa shape index (κ2) is 10.6. The molecule has 0 aliphatic carbocycles. The molecule has 1 aromatic carbocycles. The van der Waals surface area contributed by atoms with Crippen molar-refractivity contribution in [2.75, 3.05) is 37.6 Å². The summed E-state index contributed by atoms with van der Waals surface area (Å²) in [4.78, 5) is 29.0. The summed E-state index contributed by atoms with van der Waals surface area (Å²) >= 11 is 0. The van der Waals surface area contributed by atoms with Gasteiger partial charge < -0.3 is 14.2 Å². The van der Waals surface area contributed by atoms with Gasteiger partial charge >= 0.3 is 0 Å². The Morgan fingerprint density at radius 1 is 1.03 bits per heavy atom. The Morgan fingerprint density at radius 2 is 1.79 bits per heavy atom. The van der Waals surface area contributed by atoms with Crippen LogP contribution in [0.2, 0.25) is 0 Å². The van der Waals surface area contributed by atoms with Crippen LogP contribution in [0.25, 0.3) is 0 Å². The quantitative estimate of drug-likeness (QED) is 0.523. The minimum atomic E-state index is 0.115. The van der Waals surface area contributed by atoms with Gasteiger partial charge in [0.15, 0.2) is 0 Å². The van der Waals surface area contributed by atoms with E-state index in [-0.39, 0.29) is 5.91 Å². The topological polar surface area (TPSA) is 65.7 Å². The van der Waals surface area contributed by atoms with Gasteiger partial charge in [-0.25, -0.2) is 9.97 Å². The monoisotopic (exact) mass is 447 g/mol. The van der Waals surface area contributed by atoms with Crippen LogP contribution in [-0.2, 0) is 17.9 Å². The molecule has 33 heavy (non-hydrogen) atoms. The van der Waals surface area contributed by atoms with E-state index in [1.54, 1.807) is 6.26 Å². The Hall–Kier alpha value is -3.19. The Morgan fingerprint density at radius 3 is 2.45 bits per heavy atom. The van der Waals surface area contributed by atoms with Crippen LogP contribution in [0.4, 0.5) is 5.82 Å². The molecule has 0 unspecified atom stereocenters. The average Bonchev–Trinajstić information content (AvgIpc) is 3.32. The van der Waals surface area contributed by atoms with Crippen molar-refractivity contribution in [2.45, 2.75) is 39.8 Å². The molecule has 0 atom stereocenters. The third kappa shape index (κ3) is 6.20. The molecule has 1 amide bonds. The van der Waals surface area contributed by atoms with Crippen LogP contribution in [0.15, 0.2) is 59.2 Å². The zero-order valence-electron chi connectivity index (χ0n) is 19.8. The minimum absolute atomic E-state index is 0.115. The van der Waals surface area contributed by atoms with Gasteiger partial charge in [-0.3, -0.25) is 9.69 Å². The SMILES string of the molecule is Cc1cc(N2CCN(CC(=O)N(Cc3ccccc3)Cc3ccco3)CC2)nc(C(C)C)n1. The molecular weight excluding hydrogens is 414 g/mol. The first-order valence-corrected chi connectivity index (χ1v) is 11.6. The van der Waals surface area contributed by atoms with E-state index in [4.69, 9.17) is 9.40 Å². The highest BCUT2D eigenvalue weighted by Gasteiger charge is 2.24. The van der Waals surface area contributed by atoms with Crippen molar-refractivity contribution in [1.29, 1.82) is 0 Å². The van der Waals surface area contributed by atoms with Gasteiger partial charge in [-0.2, -0.15) is 0 Å². The number of hydrogen-bond acceptors (Lipinski definition) is 6. The fraction of sp³-hybridized carbons (Fsp3) is 0.423. The Bertz CT molecular complexity index is 1030. The molecule has 0 saturated carbocycles. The number of aromatic nitrogens is 2. The summed E-state index contributed by atoms with van der Waals surface area (Å²) in [6.07, 6.45) is 1.65. The number of nitrogens with zero attached hydrogens (tertiary/aromatic N) is 5. The molecule has 1 saturated heterocycles. The van der Waals surface area contributed by atoms with E-state index in [1.807, 2.05) is 42.2 Å². The lowest BCUT2D eigenvalue weighted by atomic mass is 10.2. The predicted molar refractivity (Wildman–Crippen MR) is 129 cm³/mol. The third-order valence-corrected chi connectivity index (χ3v) is 5.93. The molecule has 7 heteroatoms. The number of aryl methyl sites for hydroxylation is 1. The molecule has 3 aromatic rings. The zero-order chi connectivity index (χ0) is 23.2. The normalized spacial score (nSPS) is 14.6. The molecule has 4 rings (SSSR count). The van der Waals surface area contributed by atoms with E-state index in [0.717, 1.165) is 54.8 Å². The molecule has 0 N–H and O–H groups in total. The fourth-order valence-electron chi connectivity index (χ4n) is 4.05. The van der Waals surface area contributed by atoms with Gasteiger partial charge in [-0.05, 0) is 24.6 Å². The van der Waals surface area contributed by atoms with Crippen molar-refractivity contribution in [1.82, 2.24) is 19.8 Å². The van der Waals surface area contributed by atoms with Crippen molar-refractivity contribution in [3.05, 3.63) is 77.6 Å². The van der Waals surface area contributed by atoms with E-state index in [2.05, 4.69) is 46.8 Å². The Kier molecular flexibility index (Phi) is 7.40. The van der Waals surface area contributed by atoms with E-state index >= 15 is 0 Å². The second-order valence-electron chi connectivity index (χ2n) is 8.96. The average molecular weight is 448 g/mol. The predicted octanol–water partition coefficient (Wildman–Crippen LogP) is 3.85. The van der Waals surface area contributed by atoms with E-state index in [9.17, 15) is 4.79 Å². The van der Waals surface area contributed by atoms with Crippen LogP contribution >= 0.6 is 0 Å². The second-order valence-corrected chi connectivity index (χ2v) is 8.96. The van der Waals surface area contributed by atoms with Crippen molar-refractivity contribution in [3.8, 4) is 0 Å². The molecule has 2 aromatic heterocycles. The maximum Gasteiger partial charge on any atom is 0.237 e. The summed E-state index contributed by atoms with van der Waals surface area (Å²) in [5.74, 6) is 3.08. The smallest absolute Gasteiger partial charge is 0.237 e. The summed E-state index contributed by atoms with van der Waals surface area (Å²) in [5, 5.41) is 0. The molecule has 0 spiro atoms. The highest BCUT2D eigenvalue weighted by atomic mass is 16.3. The molecular formula is C26H33N5O2. The highest BCUT2D eigenvalue weighted by Crippen LogP contribution is 2.19. The van der Waals surface area contributed by atoms with Crippen molar-refractivity contribution >= 4 is 11.7 Å². The summed E-state index contributed by atoms with van der Waals surface area (Å²) in [5.41, 5.74) is 2.11. The van der Waals surface area contributed by atoms with Crippen LogP contribution in [0, 0.1) is 6.92 Å². The number of carbonyl (C=O) groups excluding carboxylic acids is 1. The molecule has 174 valence electrons. The van der Waals surface area contributed by atoms with Gasteiger partial charge in [0.1, 0.15) is 17.4 Å². The number of carbonyl (C=O) groups is 1. The first-order chi connectivity index (χ1) is 16.0.